The van der Waals surface area contributed by atoms with E-state index in [1.54, 1.807) is 0 Å². The van der Waals surface area contributed by atoms with Crippen molar-refractivity contribution < 1.29 is 4.74 Å². The van der Waals surface area contributed by atoms with Crippen molar-refractivity contribution in [2.45, 2.75) is 94.2 Å². The van der Waals surface area contributed by atoms with Gasteiger partial charge in [-0.05, 0) is 120 Å². The molecule has 2 fully saturated rings. The van der Waals surface area contributed by atoms with Crippen LogP contribution in [0, 0.1) is 17.8 Å². The topological polar surface area (TPSA) is 61.6 Å². The highest BCUT2D eigenvalue weighted by atomic mass is 16.5. The number of rotatable bonds is 8. The predicted octanol–water partition coefficient (Wildman–Crippen LogP) is 13.6. The minimum Gasteiger partial charge on any atom is -0.370 e. The van der Waals surface area contributed by atoms with E-state index in [-0.39, 0.29) is 35.5 Å². The molecule has 1 N–H and O–H groups in total. The van der Waals surface area contributed by atoms with Crippen LogP contribution in [0.3, 0.4) is 0 Å². The highest BCUT2D eigenvalue weighted by molar-refractivity contribution is 6.17. The molecule has 13 rings (SSSR count). The van der Waals surface area contributed by atoms with E-state index in [4.69, 9.17) is 19.7 Å². The Morgan fingerprint density at radius 3 is 2.29 bits per heavy atom. The molecule has 0 bridgehead atoms. The lowest BCUT2D eigenvalue weighted by Gasteiger charge is -2.49. The van der Waals surface area contributed by atoms with Crippen LogP contribution in [0.15, 0.2) is 208 Å². The number of allylic oxidation sites excluding steroid dienone is 7. The third-order valence-corrected chi connectivity index (χ3v) is 16.5. The van der Waals surface area contributed by atoms with Crippen molar-refractivity contribution in [2.24, 2.45) is 32.7 Å². The summed E-state index contributed by atoms with van der Waals surface area (Å²) in [6.07, 6.45) is 30.4. The summed E-state index contributed by atoms with van der Waals surface area (Å²) in [5.74, 6) is 2.07. The minimum atomic E-state index is -0.414. The molecule has 0 radical (unpaired) electrons. The van der Waals surface area contributed by atoms with E-state index in [9.17, 15) is 0 Å². The Kier molecular flexibility index (Phi) is 10.8. The molecule has 1 saturated heterocycles. The monoisotopic (exact) mass is 901 g/mol. The molecule has 9 unspecified atom stereocenters. The van der Waals surface area contributed by atoms with Gasteiger partial charge in [-0.1, -0.05) is 171 Å². The van der Waals surface area contributed by atoms with Crippen LogP contribution in [0.25, 0.3) is 22.3 Å². The van der Waals surface area contributed by atoms with Crippen LogP contribution in [-0.2, 0) is 10.2 Å². The van der Waals surface area contributed by atoms with E-state index >= 15 is 0 Å². The zero-order valence-electron chi connectivity index (χ0n) is 39.4. The number of nitrogens with one attached hydrogen (secondary N) is 1. The lowest BCUT2D eigenvalue weighted by Crippen LogP contribution is -2.55. The molecule has 5 aromatic rings. The summed E-state index contributed by atoms with van der Waals surface area (Å²) < 4.78 is 7.31. The highest BCUT2D eigenvalue weighted by Gasteiger charge is 2.63. The molecule has 4 aliphatic heterocycles. The van der Waals surface area contributed by atoms with Crippen LogP contribution in [0.5, 0.6) is 0 Å². The van der Waals surface area contributed by atoms with E-state index in [2.05, 4.69) is 205 Å². The van der Waals surface area contributed by atoms with Gasteiger partial charge in [0.05, 0.1) is 24.2 Å². The second-order valence-electron chi connectivity index (χ2n) is 20.4. The number of dihydropyridines is 1. The predicted molar refractivity (Wildman–Crippen MR) is 283 cm³/mol. The van der Waals surface area contributed by atoms with Crippen molar-refractivity contribution in [2.75, 3.05) is 4.90 Å². The number of aliphatic imine (C=N–C) groups is 3. The Morgan fingerprint density at radius 1 is 0.696 bits per heavy atom. The van der Waals surface area contributed by atoms with Crippen LogP contribution >= 0.6 is 0 Å². The van der Waals surface area contributed by atoms with Crippen molar-refractivity contribution in [3.63, 3.8) is 0 Å². The Hall–Kier alpha value is -6.89. The largest absolute Gasteiger partial charge is 0.370 e. The number of amidine groups is 2. The molecule has 0 amide bonds. The number of benzene rings is 5. The fourth-order valence-corrected chi connectivity index (χ4v) is 13.3. The first-order valence-corrected chi connectivity index (χ1v) is 25.6. The van der Waals surface area contributed by atoms with Crippen molar-refractivity contribution in [1.82, 2.24) is 5.32 Å². The maximum absolute atomic E-state index is 7.31. The van der Waals surface area contributed by atoms with Crippen LogP contribution in [-0.4, -0.2) is 42.2 Å². The zero-order chi connectivity index (χ0) is 45.9. The lowest BCUT2D eigenvalue weighted by molar-refractivity contribution is 0.0115. The van der Waals surface area contributed by atoms with Gasteiger partial charge in [-0.3, -0.25) is 4.99 Å². The molecule has 0 aromatic heterocycles. The standard InChI is InChI=1S/C63H59N5O/c1-63-53-29-17-18-30-54(53)68(48-27-15-6-16-28-48)57(63)36-35-55-58(63)50-34-32-46(39-56(50)69-55)59-52(62-66-60(43-23-11-4-12-24-43)65-61(67-62)44-25-13-5-14-26-44)38-47(40-64-59)51-37-45(41-19-7-2-8-20-41)31-33-49(51)42-21-9-3-10-22-42/h3-5,7,9-14,17-27,29-34,37-40,50,52,55-60H,2,6,8,15-16,28,35-36H2,1H3,(H,65,66,67). The van der Waals surface area contributed by atoms with Gasteiger partial charge < -0.3 is 15.0 Å². The van der Waals surface area contributed by atoms with Gasteiger partial charge in [0.1, 0.15) is 11.7 Å². The molecule has 69 heavy (non-hydrogen) atoms. The van der Waals surface area contributed by atoms with Gasteiger partial charge in [0.15, 0.2) is 6.17 Å². The maximum Gasteiger partial charge on any atom is 0.169 e. The molecule has 6 heteroatoms. The average molecular weight is 902 g/mol. The molecular formula is C63H59N5O. The van der Waals surface area contributed by atoms with Gasteiger partial charge in [0.25, 0.3) is 0 Å². The Labute approximate surface area is 407 Å². The molecular weight excluding hydrogens is 843 g/mol. The van der Waals surface area contributed by atoms with Crippen molar-refractivity contribution >= 4 is 34.7 Å². The average Bonchev–Trinajstić information content (AvgIpc) is 3.94. The molecule has 4 heterocycles. The first-order valence-electron chi connectivity index (χ1n) is 25.6. The number of hydrogen-bond acceptors (Lipinski definition) is 6. The Balaban J connectivity index is 0.907. The van der Waals surface area contributed by atoms with Crippen molar-refractivity contribution in [3.05, 3.63) is 221 Å². The zero-order valence-corrected chi connectivity index (χ0v) is 39.4. The van der Waals surface area contributed by atoms with Gasteiger partial charge in [-0.25, -0.2) is 9.98 Å². The van der Waals surface area contributed by atoms with Gasteiger partial charge in [0.2, 0.25) is 0 Å². The molecule has 1 saturated carbocycles. The third kappa shape index (κ3) is 7.38. The van der Waals surface area contributed by atoms with Gasteiger partial charge in [0, 0.05) is 46.5 Å². The second-order valence-corrected chi connectivity index (χ2v) is 20.4. The Bertz CT molecular complexity index is 3080. The quantitative estimate of drug-likeness (QED) is 0.169. The normalized spacial score (nSPS) is 29.8. The first kappa shape index (κ1) is 42.2. The van der Waals surface area contributed by atoms with Gasteiger partial charge in [-0.15, -0.1) is 0 Å². The van der Waals surface area contributed by atoms with Gasteiger partial charge >= 0.3 is 0 Å². The summed E-state index contributed by atoms with van der Waals surface area (Å²) in [5, 5.41) is 3.82. The fraction of sp³-hybridized carbons (Fsp3) is 0.286. The molecule has 4 aliphatic carbocycles. The molecule has 5 aromatic carbocycles. The van der Waals surface area contributed by atoms with Crippen molar-refractivity contribution in [1.29, 1.82) is 0 Å². The van der Waals surface area contributed by atoms with Crippen LogP contribution in [0.1, 0.15) is 92.3 Å². The minimum absolute atomic E-state index is 0.0368. The summed E-state index contributed by atoms with van der Waals surface area (Å²) in [7, 11) is 0. The number of hydrogen-bond donors (Lipinski definition) is 1. The second kappa shape index (κ2) is 17.6. The first-order chi connectivity index (χ1) is 34.1. The van der Waals surface area contributed by atoms with Crippen molar-refractivity contribution in [3.8, 4) is 11.1 Å². The van der Waals surface area contributed by atoms with Crippen LogP contribution in [0.4, 0.5) is 5.69 Å². The van der Waals surface area contributed by atoms with Crippen LogP contribution in [0.2, 0.25) is 0 Å². The highest BCUT2D eigenvalue weighted by Crippen LogP contribution is 2.62. The Morgan fingerprint density at radius 2 is 1.49 bits per heavy atom. The number of nitrogens with zero attached hydrogens (tertiary/aromatic N) is 4. The van der Waals surface area contributed by atoms with E-state index < -0.39 is 6.17 Å². The maximum atomic E-state index is 7.31. The number of anilines is 1. The molecule has 342 valence electrons. The van der Waals surface area contributed by atoms with E-state index in [1.165, 1.54) is 70.5 Å². The molecule has 0 spiro atoms. The summed E-state index contributed by atoms with van der Waals surface area (Å²) in [4.78, 5) is 19.2. The van der Waals surface area contributed by atoms with E-state index in [0.29, 0.717) is 12.0 Å². The number of para-hydroxylation sites is 1. The van der Waals surface area contributed by atoms with E-state index in [0.717, 1.165) is 59.6 Å². The summed E-state index contributed by atoms with van der Waals surface area (Å²) in [6.45, 7) is 2.57. The van der Waals surface area contributed by atoms with Gasteiger partial charge in [-0.2, -0.15) is 0 Å². The molecule has 6 nitrogen and oxygen atoms in total. The molecule has 9 atom stereocenters. The fourth-order valence-electron chi connectivity index (χ4n) is 13.3. The molecule has 8 aliphatic rings. The summed E-state index contributed by atoms with van der Waals surface area (Å²) in [5.41, 5.74) is 14.8. The number of fused-ring (bicyclic) bond motifs is 7. The third-order valence-electron chi connectivity index (χ3n) is 16.5. The van der Waals surface area contributed by atoms with E-state index in [1.807, 2.05) is 0 Å². The SMILES string of the molecule is CC12c3ccccc3N(C3=CCCCC3)C1CCC1OC3C=C(C4N=CC(c5cc(C6=CCCC=C6)ccc5-c5ccccc5)=CC4C4=NC(c5ccccc5)N=C(c5ccccc5)N4)C=CC3C12. The number of ether oxygens (including phenoxy) is 1. The summed E-state index contributed by atoms with van der Waals surface area (Å²) in [6, 6.07) is 48.2. The summed E-state index contributed by atoms with van der Waals surface area (Å²) >= 11 is 0. The van der Waals surface area contributed by atoms with Crippen LogP contribution < -0.4 is 10.2 Å². The smallest absolute Gasteiger partial charge is 0.169 e. The lowest BCUT2D eigenvalue weighted by atomic mass is 9.57.